The molecule has 2 aliphatic rings. The first-order valence-electron chi connectivity index (χ1n) is 16.2. The van der Waals surface area contributed by atoms with Gasteiger partial charge in [-0.15, -0.1) is 0 Å². The molecule has 0 unspecified atom stereocenters. The van der Waals surface area contributed by atoms with Crippen LogP contribution in [0.25, 0.3) is 44.1 Å². The van der Waals surface area contributed by atoms with E-state index in [1.165, 1.54) is 36.3 Å². The Morgan fingerprint density at radius 3 is 2.57 bits per heavy atom. The Balaban J connectivity index is 1.39. The van der Waals surface area contributed by atoms with Crippen LogP contribution in [0.4, 0.5) is 25.0 Å². The van der Waals surface area contributed by atoms with Crippen LogP contribution in [-0.2, 0) is 26.1 Å². The summed E-state index contributed by atoms with van der Waals surface area (Å²) in [6.07, 6.45) is 5.08. The molecule has 3 N–H and O–H groups in total. The molecule has 274 valence electrons. The van der Waals surface area contributed by atoms with Gasteiger partial charge in [-0.05, 0) is 25.5 Å². The lowest BCUT2D eigenvalue weighted by atomic mass is 9.99. The minimum Gasteiger partial charge on any atom is -0.478 e. The van der Waals surface area contributed by atoms with E-state index in [2.05, 4.69) is 29.5 Å². The zero-order chi connectivity index (χ0) is 37.9. The summed E-state index contributed by atoms with van der Waals surface area (Å²) in [5, 5.41) is 18.4. The molecule has 0 saturated carbocycles. The van der Waals surface area contributed by atoms with Crippen molar-refractivity contribution >= 4 is 68.3 Å². The number of halogens is 2. The molecule has 5 aromatic rings. The van der Waals surface area contributed by atoms with Gasteiger partial charge in [0.15, 0.2) is 11.6 Å². The summed E-state index contributed by atoms with van der Waals surface area (Å²) in [4.78, 5) is 77.8. The molecule has 0 bridgehead atoms. The third-order valence-electron chi connectivity index (χ3n) is 9.70. The van der Waals surface area contributed by atoms with Crippen LogP contribution in [0.5, 0.6) is 0 Å². The Bertz CT molecular complexity index is 2480. The van der Waals surface area contributed by atoms with Crippen molar-refractivity contribution in [2.24, 2.45) is 13.0 Å². The molecule has 2 fully saturated rings. The van der Waals surface area contributed by atoms with E-state index >= 15 is 8.78 Å². The topological polar surface area (TPSA) is 200 Å². The molecule has 2 aliphatic heterocycles. The SMILES string of the molecule is CN1C[C@H]2CCN(c3c(-c4cnc5c(c4)c(=O)c(C(=O)O)cn5C)cnc4[nH]c5c(N(C)C(=O)OCOC(=O)/C=C/C(=O)O)cc(F)c(F)c5c34)[C@H]2C1. The number of hydrogen-bond donors (Lipinski definition) is 3. The van der Waals surface area contributed by atoms with Crippen LogP contribution in [0.15, 0.2) is 47.7 Å². The molecular weight excluding hydrogens is 700 g/mol. The summed E-state index contributed by atoms with van der Waals surface area (Å²) in [6, 6.07) is 2.30. The number of carboxylic acids is 2. The highest BCUT2D eigenvalue weighted by molar-refractivity contribution is 6.19. The number of aromatic carboxylic acids is 1. The number of pyridine rings is 3. The summed E-state index contributed by atoms with van der Waals surface area (Å²) in [5.74, 6) is -6.11. The average Bonchev–Trinajstić information content (AvgIpc) is 3.81. The summed E-state index contributed by atoms with van der Waals surface area (Å²) >= 11 is 0. The number of carboxylic acid groups (broad SMARTS) is 2. The number of benzene rings is 1. The molecule has 2 atom stereocenters. The highest BCUT2D eigenvalue weighted by Gasteiger charge is 2.42. The number of likely N-dealkylation sites (tertiary alicyclic amines) is 1. The largest absolute Gasteiger partial charge is 0.478 e. The standard InChI is InChI=1S/C35H31F2N7O9/c1-41-12-16-6-7-44(23(16)14-41)30-19(17-8-18-31(48)20(34(49)50)13-42(2)33(18)39-10-17)11-38-32-27(30)26-28(37)21(36)9-22(29(26)40-32)43(3)35(51)53-15-52-25(47)5-4-24(45)46/h4-5,8-11,13,16,23H,6-7,12,14-15H2,1-3H3,(H,38,40)(H,45,46)(H,49,50)/b5-4+/t16-,23+/m1/s1. The molecule has 0 radical (unpaired) electrons. The van der Waals surface area contributed by atoms with Crippen molar-refractivity contribution in [2.45, 2.75) is 12.5 Å². The maximum atomic E-state index is 16.2. The van der Waals surface area contributed by atoms with E-state index < -0.39 is 53.4 Å². The maximum Gasteiger partial charge on any atom is 0.416 e. The molecule has 1 aromatic carbocycles. The van der Waals surface area contributed by atoms with Crippen molar-refractivity contribution in [3.63, 3.8) is 0 Å². The van der Waals surface area contributed by atoms with Gasteiger partial charge in [-0.3, -0.25) is 9.69 Å². The van der Waals surface area contributed by atoms with Crippen LogP contribution < -0.4 is 15.2 Å². The van der Waals surface area contributed by atoms with E-state index in [0.717, 1.165) is 23.9 Å². The van der Waals surface area contributed by atoms with Crippen LogP contribution in [0.3, 0.4) is 0 Å². The molecule has 0 aliphatic carbocycles. The summed E-state index contributed by atoms with van der Waals surface area (Å²) < 4.78 is 42.9. The molecule has 18 heteroatoms. The highest BCUT2D eigenvalue weighted by atomic mass is 19.2. The number of likely N-dealkylation sites (N-methyl/N-ethyl adjacent to an activating group) is 1. The summed E-state index contributed by atoms with van der Waals surface area (Å²) in [7, 11) is 4.80. The fourth-order valence-electron chi connectivity index (χ4n) is 7.33. The van der Waals surface area contributed by atoms with E-state index in [4.69, 9.17) is 9.84 Å². The average molecular weight is 732 g/mol. The Kier molecular flexibility index (Phi) is 8.77. The number of rotatable bonds is 8. The first-order chi connectivity index (χ1) is 25.2. The number of H-pyrrole nitrogens is 1. The number of aryl methyl sites for hydroxylation is 1. The Morgan fingerprint density at radius 2 is 1.83 bits per heavy atom. The number of hydrogen-bond acceptors (Lipinski definition) is 11. The smallest absolute Gasteiger partial charge is 0.416 e. The lowest BCUT2D eigenvalue weighted by Gasteiger charge is -2.29. The number of aliphatic carboxylic acids is 1. The first-order valence-corrected chi connectivity index (χ1v) is 16.2. The number of fused-ring (bicyclic) bond motifs is 5. The van der Waals surface area contributed by atoms with Gasteiger partial charge in [-0.1, -0.05) is 0 Å². The number of carbonyl (C=O) groups is 4. The van der Waals surface area contributed by atoms with Crippen molar-refractivity contribution in [1.29, 1.82) is 0 Å². The first kappa shape index (κ1) is 35.0. The maximum absolute atomic E-state index is 16.2. The van der Waals surface area contributed by atoms with E-state index in [1.54, 1.807) is 7.05 Å². The van der Waals surface area contributed by atoms with Gasteiger partial charge in [-0.2, -0.15) is 0 Å². The molecule has 4 aromatic heterocycles. The number of esters is 1. The van der Waals surface area contributed by atoms with Crippen molar-refractivity contribution < 1.29 is 47.6 Å². The van der Waals surface area contributed by atoms with Gasteiger partial charge in [0.05, 0.1) is 33.1 Å². The minimum atomic E-state index is -1.40. The van der Waals surface area contributed by atoms with Crippen molar-refractivity contribution in [3.8, 4) is 11.1 Å². The van der Waals surface area contributed by atoms with E-state index in [1.807, 2.05) is 7.05 Å². The van der Waals surface area contributed by atoms with Crippen molar-refractivity contribution in [1.82, 2.24) is 24.4 Å². The van der Waals surface area contributed by atoms with Gasteiger partial charge in [0.25, 0.3) is 0 Å². The second-order valence-corrected chi connectivity index (χ2v) is 12.9. The zero-order valence-electron chi connectivity index (χ0n) is 28.4. The van der Waals surface area contributed by atoms with Gasteiger partial charge >= 0.3 is 24.0 Å². The van der Waals surface area contributed by atoms with Crippen LogP contribution in [-0.4, -0.2) is 105 Å². The molecule has 2 saturated heterocycles. The monoisotopic (exact) mass is 731 g/mol. The lowest BCUT2D eigenvalue weighted by molar-refractivity contribution is -0.146. The number of carbonyl (C=O) groups excluding carboxylic acids is 2. The lowest BCUT2D eigenvalue weighted by Crippen LogP contribution is -2.35. The Morgan fingerprint density at radius 1 is 1.06 bits per heavy atom. The number of nitrogens with zero attached hydrogens (tertiary/aromatic N) is 6. The van der Waals surface area contributed by atoms with E-state index in [0.29, 0.717) is 42.1 Å². The molecule has 0 spiro atoms. The molecular formula is C35H31F2N7O9. The van der Waals surface area contributed by atoms with Gasteiger partial charge in [0, 0.05) is 87.7 Å². The van der Waals surface area contributed by atoms with Crippen molar-refractivity contribution in [2.75, 3.05) is 50.3 Å². The number of anilines is 2. The predicted octanol–water partition coefficient (Wildman–Crippen LogP) is 3.46. The number of aromatic amines is 1. The molecule has 16 nitrogen and oxygen atoms in total. The van der Waals surface area contributed by atoms with Crippen LogP contribution in [0.1, 0.15) is 16.8 Å². The molecule has 6 heterocycles. The van der Waals surface area contributed by atoms with Crippen LogP contribution >= 0.6 is 0 Å². The molecule has 7 rings (SSSR count). The predicted molar refractivity (Wildman–Crippen MR) is 186 cm³/mol. The van der Waals surface area contributed by atoms with E-state index in [9.17, 15) is 29.1 Å². The van der Waals surface area contributed by atoms with Crippen molar-refractivity contribution in [3.05, 3.63) is 70.3 Å². The van der Waals surface area contributed by atoms with Crippen LogP contribution in [0.2, 0.25) is 0 Å². The normalized spacial score (nSPS) is 17.3. The second-order valence-electron chi connectivity index (χ2n) is 12.9. The highest BCUT2D eigenvalue weighted by Crippen LogP contribution is 2.47. The third-order valence-corrected chi connectivity index (χ3v) is 9.70. The van der Waals surface area contributed by atoms with E-state index in [-0.39, 0.29) is 50.6 Å². The molecule has 1 amide bonds. The van der Waals surface area contributed by atoms with Gasteiger partial charge in [0.2, 0.25) is 12.2 Å². The minimum absolute atomic E-state index is 0.00142. The Hall–Kier alpha value is -6.43. The number of aromatic nitrogens is 4. The fourth-order valence-corrected chi connectivity index (χ4v) is 7.33. The third kappa shape index (κ3) is 6.05. The summed E-state index contributed by atoms with van der Waals surface area (Å²) in [6.45, 7) is 1.17. The zero-order valence-corrected chi connectivity index (χ0v) is 28.4. The molecule has 53 heavy (non-hydrogen) atoms. The van der Waals surface area contributed by atoms with Gasteiger partial charge in [-0.25, -0.2) is 37.9 Å². The second kappa shape index (κ2) is 13.3. The van der Waals surface area contributed by atoms with Crippen LogP contribution in [0, 0.1) is 17.6 Å². The quantitative estimate of drug-likeness (QED) is 0.119. The Labute approximate surface area is 297 Å². The number of amides is 1. The summed E-state index contributed by atoms with van der Waals surface area (Å²) in [5.41, 5.74) is 0.395. The number of ether oxygens (including phenoxy) is 2. The van der Waals surface area contributed by atoms with Gasteiger partial charge in [0.1, 0.15) is 16.9 Å². The van der Waals surface area contributed by atoms with Gasteiger partial charge < -0.3 is 39.0 Å². The number of nitrogens with one attached hydrogen (secondary N) is 1. The fraction of sp³-hybridized carbons (Fsp3) is 0.286.